The molecule has 1 aromatic carbocycles. The Morgan fingerprint density at radius 1 is 1.04 bits per heavy atom. The van der Waals surface area contributed by atoms with E-state index in [1.165, 1.54) is 26.0 Å². The molecule has 0 radical (unpaired) electrons. The molecule has 0 atom stereocenters. The van der Waals surface area contributed by atoms with Gasteiger partial charge in [0.25, 0.3) is 5.91 Å². The summed E-state index contributed by atoms with van der Waals surface area (Å²) in [5, 5.41) is 6.07. The number of nitrogens with zero attached hydrogens (tertiary/aromatic N) is 1. The normalized spacial score (nSPS) is 10.2. The third kappa shape index (κ3) is 5.19. The Kier molecular flexibility index (Phi) is 6.49. The number of aromatic nitrogens is 1. The van der Waals surface area contributed by atoms with Gasteiger partial charge in [-0.1, -0.05) is 31.9 Å². The van der Waals surface area contributed by atoms with Gasteiger partial charge in [-0.25, -0.2) is 0 Å². The first-order chi connectivity index (χ1) is 11.6. The van der Waals surface area contributed by atoms with E-state index in [2.05, 4.69) is 22.5 Å². The van der Waals surface area contributed by atoms with Gasteiger partial charge in [-0.2, -0.15) is 0 Å². The standard InChI is InChI=1S/C19H23N3O2/c1-3-4-5-9-21-18-11-16(12-20-13-18)19(24)22-17-8-6-7-15(10-17)14(2)23/h6-8,10-13,21H,3-5,9H2,1-2H3,(H,22,24). The van der Waals surface area contributed by atoms with E-state index < -0.39 is 0 Å². The summed E-state index contributed by atoms with van der Waals surface area (Å²) >= 11 is 0. The van der Waals surface area contributed by atoms with Crippen molar-refractivity contribution in [1.29, 1.82) is 0 Å². The minimum absolute atomic E-state index is 0.0361. The van der Waals surface area contributed by atoms with Crippen molar-refractivity contribution < 1.29 is 9.59 Å². The fourth-order valence-electron chi connectivity index (χ4n) is 2.29. The molecule has 0 fully saturated rings. The molecule has 0 bridgehead atoms. The van der Waals surface area contributed by atoms with Crippen LogP contribution in [-0.2, 0) is 0 Å². The number of hydrogen-bond donors (Lipinski definition) is 2. The molecule has 2 N–H and O–H groups in total. The first-order valence-corrected chi connectivity index (χ1v) is 8.21. The van der Waals surface area contributed by atoms with Crippen LogP contribution in [0.5, 0.6) is 0 Å². The number of amides is 1. The molecule has 0 saturated heterocycles. The second-order valence-corrected chi connectivity index (χ2v) is 5.69. The van der Waals surface area contributed by atoms with Crippen LogP contribution in [0.2, 0.25) is 0 Å². The van der Waals surface area contributed by atoms with Crippen molar-refractivity contribution in [1.82, 2.24) is 4.98 Å². The molecule has 1 heterocycles. The van der Waals surface area contributed by atoms with Crippen molar-refractivity contribution in [3.63, 3.8) is 0 Å². The van der Waals surface area contributed by atoms with Gasteiger partial charge in [0.2, 0.25) is 0 Å². The summed E-state index contributed by atoms with van der Waals surface area (Å²) in [6.45, 7) is 4.52. The van der Waals surface area contributed by atoms with E-state index >= 15 is 0 Å². The lowest BCUT2D eigenvalue weighted by Gasteiger charge is -2.09. The molecule has 5 heteroatoms. The maximum atomic E-state index is 12.4. The zero-order valence-electron chi connectivity index (χ0n) is 14.1. The number of carbonyl (C=O) groups excluding carboxylic acids is 2. The fourth-order valence-corrected chi connectivity index (χ4v) is 2.29. The van der Waals surface area contributed by atoms with Crippen LogP contribution in [0.25, 0.3) is 0 Å². The van der Waals surface area contributed by atoms with Crippen LogP contribution in [0.15, 0.2) is 42.7 Å². The van der Waals surface area contributed by atoms with Crippen LogP contribution in [0.1, 0.15) is 53.8 Å². The molecule has 1 amide bonds. The molecule has 0 spiro atoms. The average molecular weight is 325 g/mol. The molecule has 0 aliphatic carbocycles. The Hall–Kier alpha value is -2.69. The van der Waals surface area contributed by atoms with E-state index in [9.17, 15) is 9.59 Å². The Labute approximate surface area is 142 Å². The van der Waals surface area contributed by atoms with E-state index in [-0.39, 0.29) is 11.7 Å². The van der Waals surface area contributed by atoms with Gasteiger partial charge in [-0.05, 0) is 31.5 Å². The molecule has 0 aliphatic heterocycles. The van der Waals surface area contributed by atoms with Gasteiger partial charge in [0.1, 0.15) is 0 Å². The van der Waals surface area contributed by atoms with Crippen LogP contribution < -0.4 is 10.6 Å². The summed E-state index contributed by atoms with van der Waals surface area (Å²) in [5.74, 6) is -0.286. The number of benzene rings is 1. The van der Waals surface area contributed by atoms with Crippen LogP contribution in [0, 0.1) is 0 Å². The zero-order valence-corrected chi connectivity index (χ0v) is 14.1. The molecule has 1 aromatic heterocycles. The summed E-state index contributed by atoms with van der Waals surface area (Å²) in [4.78, 5) is 27.9. The van der Waals surface area contributed by atoms with Gasteiger partial charge in [0, 0.05) is 30.2 Å². The van der Waals surface area contributed by atoms with Crippen molar-refractivity contribution in [3.8, 4) is 0 Å². The molecule has 24 heavy (non-hydrogen) atoms. The highest BCUT2D eigenvalue weighted by Gasteiger charge is 2.09. The van der Waals surface area contributed by atoms with Gasteiger partial charge in [0.15, 0.2) is 5.78 Å². The first kappa shape index (κ1) is 17.7. The average Bonchev–Trinajstić information content (AvgIpc) is 2.59. The molecule has 126 valence electrons. The fraction of sp³-hybridized carbons (Fsp3) is 0.316. The Morgan fingerprint density at radius 2 is 1.83 bits per heavy atom. The Balaban J connectivity index is 2.01. The van der Waals surface area contributed by atoms with Crippen molar-refractivity contribution >= 4 is 23.1 Å². The molecule has 0 aliphatic rings. The topological polar surface area (TPSA) is 71.1 Å². The molecule has 5 nitrogen and oxygen atoms in total. The van der Waals surface area contributed by atoms with Gasteiger partial charge >= 0.3 is 0 Å². The predicted molar refractivity (Wildman–Crippen MR) is 96.7 cm³/mol. The molecule has 0 saturated carbocycles. The number of carbonyl (C=O) groups is 2. The van der Waals surface area contributed by atoms with Crippen molar-refractivity contribution in [2.24, 2.45) is 0 Å². The van der Waals surface area contributed by atoms with Crippen molar-refractivity contribution in [2.45, 2.75) is 33.1 Å². The summed E-state index contributed by atoms with van der Waals surface area (Å²) in [7, 11) is 0. The highest BCUT2D eigenvalue weighted by atomic mass is 16.1. The van der Waals surface area contributed by atoms with Crippen molar-refractivity contribution in [3.05, 3.63) is 53.9 Å². The Morgan fingerprint density at radius 3 is 2.58 bits per heavy atom. The van der Waals surface area contributed by atoms with Gasteiger partial charge in [-0.15, -0.1) is 0 Å². The number of anilines is 2. The first-order valence-electron chi connectivity index (χ1n) is 8.21. The van der Waals surface area contributed by atoms with E-state index in [0.29, 0.717) is 16.8 Å². The number of hydrogen-bond acceptors (Lipinski definition) is 4. The van der Waals surface area contributed by atoms with E-state index in [4.69, 9.17) is 0 Å². The molecular weight excluding hydrogens is 302 g/mol. The maximum absolute atomic E-state index is 12.4. The van der Waals surface area contributed by atoms with E-state index in [0.717, 1.165) is 18.7 Å². The van der Waals surface area contributed by atoms with Crippen LogP contribution in [0.4, 0.5) is 11.4 Å². The molecular formula is C19H23N3O2. The second kappa shape index (κ2) is 8.82. The summed E-state index contributed by atoms with van der Waals surface area (Å²) in [5.41, 5.74) is 2.46. The SMILES string of the molecule is CCCCCNc1cncc(C(=O)Nc2cccc(C(C)=O)c2)c1. The predicted octanol–water partition coefficient (Wildman–Crippen LogP) is 4.14. The monoisotopic (exact) mass is 325 g/mol. The van der Waals surface area contributed by atoms with E-state index in [1.54, 1.807) is 36.5 Å². The molecule has 2 rings (SSSR count). The smallest absolute Gasteiger partial charge is 0.257 e. The lowest BCUT2D eigenvalue weighted by Crippen LogP contribution is -2.13. The minimum Gasteiger partial charge on any atom is -0.384 e. The Bertz CT molecular complexity index is 713. The minimum atomic E-state index is -0.250. The largest absolute Gasteiger partial charge is 0.384 e. The highest BCUT2D eigenvalue weighted by molar-refractivity contribution is 6.05. The number of Topliss-reactive ketones (excluding diaryl/α,β-unsaturated/α-hetero) is 1. The summed E-state index contributed by atoms with van der Waals surface area (Å²) in [6.07, 6.45) is 6.67. The van der Waals surface area contributed by atoms with Crippen LogP contribution in [0.3, 0.4) is 0 Å². The molecule has 0 unspecified atom stereocenters. The summed E-state index contributed by atoms with van der Waals surface area (Å²) in [6, 6.07) is 8.67. The zero-order chi connectivity index (χ0) is 17.4. The van der Waals surface area contributed by atoms with Gasteiger partial charge < -0.3 is 10.6 Å². The molecule has 2 aromatic rings. The van der Waals surface area contributed by atoms with Crippen molar-refractivity contribution in [2.75, 3.05) is 17.2 Å². The highest BCUT2D eigenvalue weighted by Crippen LogP contribution is 2.14. The third-order valence-electron chi connectivity index (χ3n) is 3.64. The van der Waals surface area contributed by atoms with E-state index in [1.807, 2.05) is 0 Å². The maximum Gasteiger partial charge on any atom is 0.257 e. The number of ketones is 1. The number of unbranched alkanes of at least 4 members (excludes halogenated alkanes) is 2. The number of rotatable bonds is 8. The number of nitrogens with one attached hydrogen (secondary N) is 2. The lowest BCUT2D eigenvalue weighted by atomic mass is 10.1. The van der Waals surface area contributed by atoms with Gasteiger partial charge in [-0.3, -0.25) is 14.6 Å². The quantitative estimate of drug-likeness (QED) is 0.565. The third-order valence-corrected chi connectivity index (χ3v) is 3.64. The van der Waals surface area contributed by atoms with Crippen LogP contribution >= 0.6 is 0 Å². The summed E-state index contributed by atoms with van der Waals surface area (Å²) < 4.78 is 0. The van der Waals surface area contributed by atoms with Gasteiger partial charge in [0.05, 0.1) is 11.3 Å². The van der Waals surface area contributed by atoms with Crippen LogP contribution in [-0.4, -0.2) is 23.2 Å². The second-order valence-electron chi connectivity index (χ2n) is 5.69. The lowest BCUT2D eigenvalue weighted by molar-refractivity contribution is 0.101. The number of pyridine rings is 1.